The first-order valence-electron chi connectivity index (χ1n) is 15.3. The topological polar surface area (TPSA) is 200 Å². The third-order valence-corrected chi connectivity index (χ3v) is 10.2. The van der Waals surface area contributed by atoms with E-state index in [1.807, 2.05) is 39.0 Å². The number of benzene rings is 3. The van der Waals surface area contributed by atoms with Gasteiger partial charge in [-0.2, -0.15) is 17.9 Å². The smallest absolute Gasteiger partial charge is 0.417 e. The van der Waals surface area contributed by atoms with Crippen LogP contribution in [0.3, 0.4) is 0 Å². The molecule has 3 aromatic rings. The summed E-state index contributed by atoms with van der Waals surface area (Å²) in [5, 5.41) is 40.3. The predicted molar refractivity (Wildman–Crippen MR) is 176 cm³/mol. The lowest BCUT2D eigenvalue weighted by Gasteiger charge is -2.29. The van der Waals surface area contributed by atoms with Crippen molar-refractivity contribution in [2.75, 3.05) is 18.5 Å². The highest BCUT2D eigenvalue weighted by atomic mass is 32.2. The largest absolute Gasteiger partial charge is 0.491 e. The molecule has 1 aliphatic carbocycles. The van der Waals surface area contributed by atoms with Gasteiger partial charge < -0.3 is 30.7 Å². The first kappa shape index (κ1) is 38.5. The Morgan fingerprint density at radius 1 is 1.02 bits per heavy atom. The third-order valence-electron chi connectivity index (χ3n) is 7.71. The molecule has 2 aliphatic rings. The molecule has 0 bridgehead atoms. The van der Waals surface area contributed by atoms with Crippen molar-refractivity contribution < 1.29 is 50.1 Å². The van der Waals surface area contributed by atoms with Gasteiger partial charge in [0.05, 0.1) is 34.5 Å². The van der Waals surface area contributed by atoms with E-state index in [1.54, 1.807) is 30.3 Å². The van der Waals surface area contributed by atoms with Gasteiger partial charge in [-0.1, -0.05) is 42.5 Å². The van der Waals surface area contributed by atoms with Gasteiger partial charge in [0.1, 0.15) is 23.4 Å². The van der Waals surface area contributed by atoms with Crippen molar-refractivity contribution in [3.8, 4) is 5.75 Å². The molecule has 0 saturated carbocycles. The molecule has 17 heteroatoms. The summed E-state index contributed by atoms with van der Waals surface area (Å²) in [6.45, 7) is 6.78. The molecule has 270 valence electrons. The normalized spacial score (nSPS) is 20.9. The van der Waals surface area contributed by atoms with Crippen LogP contribution in [0.5, 0.6) is 5.75 Å². The fraction of sp³-hybridized carbons (Fsp3) is 0.438. The number of hydrogen-bond donors (Lipinski definition) is 7. The summed E-state index contributed by atoms with van der Waals surface area (Å²) in [5.74, 6) is 0.679. The molecule has 1 unspecified atom stereocenters. The maximum absolute atomic E-state index is 13.3. The lowest BCUT2D eigenvalue weighted by atomic mass is 9.87. The molecule has 5 rings (SSSR count). The molecule has 3 aromatic carbocycles. The Labute approximate surface area is 283 Å². The van der Waals surface area contributed by atoms with Gasteiger partial charge in [0.2, 0.25) is 20.0 Å². The predicted octanol–water partition coefficient (Wildman–Crippen LogP) is 2.26. The Hall–Kier alpha value is -3.29. The van der Waals surface area contributed by atoms with Crippen LogP contribution in [-0.4, -0.2) is 75.3 Å². The van der Waals surface area contributed by atoms with Gasteiger partial charge in [-0.05, 0) is 50.1 Å². The van der Waals surface area contributed by atoms with E-state index < -0.39 is 66.1 Å². The lowest BCUT2D eigenvalue weighted by molar-refractivity contribution is -0.139. The number of fused-ring (bicyclic) bond motifs is 2. The van der Waals surface area contributed by atoms with E-state index in [4.69, 9.17) is 9.88 Å². The Morgan fingerprint density at radius 2 is 1.67 bits per heavy atom. The van der Waals surface area contributed by atoms with Crippen molar-refractivity contribution >= 4 is 25.7 Å². The highest BCUT2D eigenvalue weighted by Crippen LogP contribution is 2.39. The summed E-state index contributed by atoms with van der Waals surface area (Å²) in [5.41, 5.74) is 0.737. The van der Waals surface area contributed by atoms with Crippen LogP contribution in [0.15, 0.2) is 70.5 Å². The number of primary sulfonamides is 1. The van der Waals surface area contributed by atoms with Crippen molar-refractivity contribution in [2.45, 2.75) is 86.0 Å². The molecule has 0 spiro atoms. The zero-order chi connectivity index (χ0) is 36.4. The van der Waals surface area contributed by atoms with Gasteiger partial charge in [0.15, 0.2) is 0 Å². The average Bonchev–Trinajstić information content (AvgIpc) is 2.98. The number of anilines is 1. The second kappa shape index (κ2) is 14.9. The SMILES string of the molecule is CC(C)(C)NC[C@H](O)COc1cccc2c1C[C@H](O)[C@H](O)C2.NS(=O)(=O)c1cc2c(cc1C(F)(F)F)NC(Cc1ccccc1)NS2(=O)=O. The summed E-state index contributed by atoms with van der Waals surface area (Å²) in [6.07, 6.45) is -7.06. The molecule has 0 fully saturated rings. The number of ether oxygens (including phenoxy) is 1. The van der Waals surface area contributed by atoms with E-state index in [2.05, 4.69) is 15.4 Å². The number of rotatable bonds is 8. The van der Waals surface area contributed by atoms with Gasteiger partial charge >= 0.3 is 6.18 Å². The van der Waals surface area contributed by atoms with Crippen molar-refractivity contribution in [3.63, 3.8) is 0 Å². The summed E-state index contributed by atoms with van der Waals surface area (Å²) in [4.78, 5) is -1.92. The molecular formula is C32H41F3N4O8S2. The number of nitrogens with two attached hydrogens (primary N) is 1. The molecule has 8 N–H and O–H groups in total. The Morgan fingerprint density at radius 3 is 2.29 bits per heavy atom. The second-order valence-electron chi connectivity index (χ2n) is 12.9. The fourth-order valence-corrected chi connectivity index (χ4v) is 7.47. The van der Waals surface area contributed by atoms with Crippen molar-refractivity contribution in [2.24, 2.45) is 5.14 Å². The summed E-state index contributed by atoms with van der Waals surface area (Å²) in [6, 6.07) is 15.2. The maximum Gasteiger partial charge on any atom is 0.417 e. The molecule has 12 nitrogen and oxygen atoms in total. The van der Waals surface area contributed by atoms with Gasteiger partial charge in [-0.3, -0.25) is 0 Å². The van der Waals surface area contributed by atoms with Gasteiger partial charge in [0.25, 0.3) is 0 Å². The third kappa shape index (κ3) is 10.4. The molecule has 1 heterocycles. The monoisotopic (exact) mass is 730 g/mol. The first-order valence-corrected chi connectivity index (χ1v) is 18.3. The molecule has 0 aromatic heterocycles. The minimum atomic E-state index is -5.04. The van der Waals surface area contributed by atoms with Crippen LogP contribution in [0.1, 0.15) is 43.0 Å². The number of halogens is 3. The van der Waals surface area contributed by atoms with E-state index in [1.165, 1.54) is 0 Å². The summed E-state index contributed by atoms with van der Waals surface area (Å²) < 4.78 is 95.8. The van der Waals surface area contributed by atoms with E-state index >= 15 is 0 Å². The number of hydrogen-bond acceptors (Lipinski definition) is 10. The zero-order valence-corrected chi connectivity index (χ0v) is 28.7. The fourth-order valence-electron chi connectivity index (χ4n) is 5.31. The lowest BCUT2D eigenvalue weighted by Crippen LogP contribution is -2.46. The number of sulfonamides is 2. The number of nitrogens with one attached hydrogen (secondary N) is 3. The van der Waals surface area contributed by atoms with Gasteiger partial charge in [-0.15, -0.1) is 0 Å². The molecular weight excluding hydrogens is 689 g/mol. The van der Waals surface area contributed by atoms with Crippen LogP contribution in [0.25, 0.3) is 0 Å². The van der Waals surface area contributed by atoms with E-state index in [9.17, 15) is 45.3 Å². The second-order valence-corrected chi connectivity index (χ2v) is 16.1. The Kier molecular flexibility index (Phi) is 11.7. The van der Waals surface area contributed by atoms with Crippen LogP contribution in [0.4, 0.5) is 18.9 Å². The minimum absolute atomic E-state index is 0.0485. The van der Waals surface area contributed by atoms with E-state index in [0.717, 1.165) is 16.7 Å². The minimum Gasteiger partial charge on any atom is -0.491 e. The van der Waals surface area contributed by atoms with E-state index in [-0.39, 0.29) is 24.3 Å². The average molecular weight is 731 g/mol. The molecule has 0 saturated heterocycles. The van der Waals surface area contributed by atoms with Crippen molar-refractivity contribution in [1.29, 1.82) is 0 Å². The molecule has 1 aliphatic heterocycles. The summed E-state index contributed by atoms with van der Waals surface area (Å²) in [7, 11) is -9.06. The van der Waals surface area contributed by atoms with Crippen LogP contribution >= 0.6 is 0 Å². The van der Waals surface area contributed by atoms with Crippen molar-refractivity contribution in [1.82, 2.24) is 10.0 Å². The van der Waals surface area contributed by atoms with Crippen LogP contribution < -0.4 is 25.2 Å². The number of alkyl halides is 3. The quantitative estimate of drug-likeness (QED) is 0.180. The van der Waals surface area contributed by atoms with Gasteiger partial charge in [-0.25, -0.2) is 22.0 Å². The molecule has 0 amide bonds. The van der Waals surface area contributed by atoms with Crippen molar-refractivity contribution in [3.05, 3.63) is 82.9 Å². The van der Waals surface area contributed by atoms with Crippen LogP contribution in [0.2, 0.25) is 0 Å². The number of β-amino-alcohol motifs (C(OH)–C–C–N with tert-alkyl or cyclic N) is 1. The standard InChI is InChI=1S/C17H27NO4.C15H14F3N3O4S2/c1-17(2,3)18-9-12(19)10-22-16-6-4-5-11-7-14(20)15(21)8-13(11)16;16-15(17,18)10-7-11-13(8-12(10)26(19,22)23)27(24,25)21-14(20-11)6-9-4-2-1-3-5-9/h4-6,12,14-15,18-21H,7-10H2,1-3H3;1-5,7-8,14,20-21H,6H2,(H2,19,22,23)/t12-,14+,15-;/m0./s1. The van der Waals surface area contributed by atoms with Gasteiger partial charge in [0, 0.05) is 36.9 Å². The van der Waals surface area contributed by atoms with E-state index in [0.29, 0.717) is 37.3 Å². The Balaban J connectivity index is 0.000000226. The number of aliphatic hydroxyl groups is 3. The molecule has 49 heavy (non-hydrogen) atoms. The Bertz CT molecular complexity index is 1840. The first-order chi connectivity index (χ1) is 22.6. The maximum atomic E-state index is 13.3. The number of aliphatic hydroxyl groups excluding tert-OH is 3. The highest BCUT2D eigenvalue weighted by Gasteiger charge is 2.40. The molecule has 0 radical (unpaired) electrons. The zero-order valence-electron chi connectivity index (χ0n) is 27.0. The van der Waals surface area contributed by atoms with Crippen LogP contribution in [0, 0.1) is 0 Å². The molecule has 4 atom stereocenters. The highest BCUT2D eigenvalue weighted by molar-refractivity contribution is 7.90. The van der Waals surface area contributed by atoms with Crippen LogP contribution in [-0.2, 0) is 45.5 Å². The summed E-state index contributed by atoms with van der Waals surface area (Å²) >= 11 is 0.